The number of carbonyl (C=O) groups is 2. The maximum absolute atomic E-state index is 12.7. The van der Waals surface area contributed by atoms with Gasteiger partial charge in [-0.3, -0.25) is 4.79 Å². The van der Waals surface area contributed by atoms with Crippen LogP contribution in [0.5, 0.6) is 0 Å². The topological polar surface area (TPSA) is 68.3 Å². The lowest BCUT2D eigenvalue weighted by Gasteiger charge is -2.08. The number of benzene rings is 2. The van der Waals surface area contributed by atoms with Crippen molar-refractivity contribution in [3.05, 3.63) is 69.7 Å². The predicted molar refractivity (Wildman–Crippen MR) is 103 cm³/mol. The van der Waals surface area contributed by atoms with Crippen LogP contribution in [0.25, 0.3) is 10.6 Å². The standard InChI is InChI=1S/C19H15ClN2O3S/c1-11-16(26-18(21-11)12-6-5-7-13(20)10-12)17(23)22-15-9-4-3-8-14(15)19(24)25-2/h3-10H,1-2H3,(H,22,23). The molecule has 0 spiro atoms. The Balaban J connectivity index is 1.89. The van der Waals surface area contributed by atoms with Gasteiger partial charge in [-0.05, 0) is 31.2 Å². The van der Waals surface area contributed by atoms with Crippen LogP contribution in [-0.2, 0) is 4.74 Å². The number of aromatic nitrogens is 1. The fraction of sp³-hybridized carbons (Fsp3) is 0.105. The van der Waals surface area contributed by atoms with Crippen molar-refractivity contribution >= 4 is 40.5 Å². The highest BCUT2D eigenvalue weighted by Gasteiger charge is 2.19. The number of thiazole rings is 1. The first-order valence-electron chi connectivity index (χ1n) is 7.71. The molecule has 1 amide bonds. The third-order valence-electron chi connectivity index (χ3n) is 3.65. The van der Waals surface area contributed by atoms with E-state index in [-0.39, 0.29) is 5.91 Å². The first-order chi connectivity index (χ1) is 12.5. The summed E-state index contributed by atoms with van der Waals surface area (Å²) in [5.74, 6) is -0.842. The number of nitrogens with one attached hydrogen (secondary N) is 1. The molecule has 2 aromatic carbocycles. The smallest absolute Gasteiger partial charge is 0.339 e. The van der Waals surface area contributed by atoms with Crippen molar-refractivity contribution in [3.63, 3.8) is 0 Å². The van der Waals surface area contributed by atoms with E-state index in [9.17, 15) is 9.59 Å². The number of aryl methyl sites for hydroxylation is 1. The zero-order valence-corrected chi connectivity index (χ0v) is 15.6. The van der Waals surface area contributed by atoms with Crippen molar-refractivity contribution in [2.45, 2.75) is 6.92 Å². The number of hydrogen-bond acceptors (Lipinski definition) is 5. The fourth-order valence-electron chi connectivity index (χ4n) is 2.41. The summed E-state index contributed by atoms with van der Waals surface area (Å²) >= 11 is 7.30. The highest BCUT2D eigenvalue weighted by atomic mass is 35.5. The Labute approximate surface area is 159 Å². The normalized spacial score (nSPS) is 10.4. The summed E-state index contributed by atoms with van der Waals surface area (Å²) in [5.41, 5.74) is 2.14. The Morgan fingerprint density at radius 2 is 1.92 bits per heavy atom. The Hall–Kier alpha value is -2.70. The molecule has 0 saturated heterocycles. The largest absolute Gasteiger partial charge is 0.465 e. The number of ether oxygens (including phenoxy) is 1. The molecule has 5 nitrogen and oxygen atoms in total. The number of para-hydroxylation sites is 1. The minimum atomic E-state index is -0.512. The fourth-order valence-corrected chi connectivity index (χ4v) is 3.56. The highest BCUT2D eigenvalue weighted by Crippen LogP contribution is 2.30. The van der Waals surface area contributed by atoms with Crippen LogP contribution in [-0.4, -0.2) is 24.0 Å². The van der Waals surface area contributed by atoms with Crippen molar-refractivity contribution in [3.8, 4) is 10.6 Å². The van der Waals surface area contributed by atoms with E-state index in [1.165, 1.54) is 18.4 Å². The molecule has 0 aliphatic heterocycles. The van der Waals surface area contributed by atoms with Crippen molar-refractivity contribution < 1.29 is 14.3 Å². The molecule has 26 heavy (non-hydrogen) atoms. The number of nitrogens with zero attached hydrogens (tertiary/aromatic N) is 1. The van der Waals surface area contributed by atoms with E-state index in [1.54, 1.807) is 43.3 Å². The molecular weight excluding hydrogens is 372 g/mol. The molecular formula is C19H15ClN2O3S. The molecule has 0 atom stereocenters. The second kappa shape index (κ2) is 7.68. The quantitative estimate of drug-likeness (QED) is 0.653. The van der Waals surface area contributed by atoms with Crippen molar-refractivity contribution in [2.75, 3.05) is 12.4 Å². The van der Waals surface area contributed by atoms with Gasteiger partial charge in [0, 0.05) is 10.6 Å². The second-order valence-electron chi connectivity index (χ2n) is 5.44. The average Bonchev–Trinajstić information content (AvgIpc) is 3.03. The molecule has 1 heterocycles. The Kier molecular flexibility index (Phi) is 5.35. The van der Waals surface area contributed by atoms with Gasteiger partial charge in [0.1, 0.15) is 9.88 Å². The van der Waals surface area contributed by atoms with Gasteiger partial charge >= 0.3 is 5.97 Å². The zero-order valence-electron chi connectivity index (χ0n) is 14.1. The van der Waals surface area contributed by atoms with Gasteiger partial charge in [-0.15, -0.1) is 11.3 Å². The van der Waals surface area contributed by atoms with Crippen LogP contribution in [0.4, 0.5) is 5.69 Å². The number of halogens is 1. The number of anilines is 1. The predicted octanol–water partition coefficient (Wildman–Crippen LogP) is 4.81. The molecule has 1 N–H and O–H groups in total. The molecule has 0 aliphatic carbocycles. The van der Waals surface area contributed by atoms with Crippen LogP contribution in [0.15, 0.2) is 48.5 Å². The summed E-state index contributed by atoms with van der Waals surface area (Å²) in [7, 11) is 1.30. The van der Waals surface area contributed by atoms with Crippen LogP contribution < -0.4 is 5.32 Å². The van der Waals surface area contributed by atoms with Gasteiger partial charge in [0.2, 0.25) is 0 Å². The molecule has 3 aromatic rings. The van der Waals surface area contributed by atoms with Crippen LogP contribution in [0.2, 0.25) is 5.02 Å². The third kappa shape index (κ3) is 3.76. The van der Waals surface area contributed by atoms with Gasteiger partial charge in [-0.1, -0.05) is 35.9 Å². The number of methoxy groups -OCH3 is 1. The first-order valence-corrected chi connectivity index (χ1v) is 8.91. The van der Waals surface area contributed by atoms with Crippen LogP contribution in [0.1, 0.15) is 25.7 Å². The van der Waals surface area contributed by atoms with Gasteiger partial charge in [0.05, 0.1) is 24.1 Å². The number of esters is 1. The Morgan fingerprint density at radius 1 is 1.15 bits per heavy atom. The monoisotopic (exact) mass is 386 g/mol. The molecule has 132 valence electrons. The van der Waals surface area contributed by atoms with Gasteiger partial charge in [-0.25, -0.2) is 9.78 Å². The number of carbonyl (C=O) groups excluding carboxylic acids is 2. The van der Waals surface area contributed by atoms with Crippen LogP contribution in [0, 0.1) is 6.92 Å². The molecule has 0 bridgehead atoms. The summed E-state index contributed by atoms with van der Waals surface area (Å²) in [6.07, 6.45) is 0. The van der Waals surface area contributed by atoms with Crippen molar-refractivity contribution in [2.24, 2.45) is 0 Å². The van der Waals surface area contributed by atoms with Crippen LogP contribution in [0.3, 0.4) is 0 Å². The molecule has 0 fully saturated rings. The highest BCUT2D eigenvalue weighted by molar-refractivity contribution is 7.17. The zero-order chi connectivity index (χ0) is 18.7. The summed E-state index contributed by atoms with van der Waals surface area (Å²) < 4.78 is 4.75. The molecule has 0 saturated carbocycles. The van der Waals surface area contributed by atoms with E-state index < -0.39 is 5.97 Å². The molecule has 0 radical (unpaired) electrons. The number of hydrogen-bond donors (Lipinski definition) is 1. The third-order valence-corrected chi connectivity index (χ3v) is 5.10. The summed E-state index contributed by atoms with van der Waals surface area (Å²) in [6, 6.07) is 14.0. The second-order valence-corrected chi connectivity index (χ2v) is 6.87. The number of amides is 1. The Morgan fingerprint density at radius 3 is 2.65 bits per heavy atom. The van der Waals surface area contributed by atoms with Gasteiger partial charge < -0.3 is 10.1 Å². The van der Waals surface area contributed by atoms with E-state index >= 15 is 0 Å². The summed E-state index contributed by atoms with van der Waals surface area (Å²) in [6.45, 7) is 1.77. The molecule has 1 aromatic heterocycles. The van der Waals surface area contributed by atoms with E-state index in [0.717, 1.165) is 5.56 Å². The summed E-state index contributed by atoms with van der Waals surface area (Å²) in [5, 5.41) is 4.07. The minimum absolute atomic E-state index is 0.292. The minimum Gasteiger partial charge on any atom is -0.465 e. The van der Waals surface area contributed by atoms with Gasteiger partial charge in [-0.2, -0.15) is 0 Å². The van der Waals surface area contributed by atoms with E-state index in [4.69, 9.17) is 16.3 Å². The number of rotatable bonds is 4. The van der Waals surface area contributed by atoms with Crippen molar-refractivity contribution in [1.29, 1.82) is 0 Å². The molecule has 0 aliphatic rings. The van der Waals surface area contributed by atoms with E-state index in [2.05, 4.69) is 10.3 Å². The summed E-state index contributed by atoms with van der Waals surface area (Å²) in [4.78, 5) is 29.5. The maximum atomic E-state index is 12.7. The Bertz CT molecular complexity index is 984. The molecule has 7 heteroatoms. The van der Waals surface area contributed by atoms with Crippen LogP contribution >= 0.6 is 22.9 Å². The van der Waals surface area contributed by atoms with Gasteiger partial charge in [0.15, 0.2) is 0 Å². The van der Waals surface area contributed by atoms with Gasteiger partial charge in [0.25, 0.3) is 5.91 Å². The SMILES string of the molecule is COC(=O)c1ccccc1NC(=O)c1sc(-c2cccc(Cl)c2)nc1C. The lowest BCUT2D eigenvalue weighted by atomic mass is 10.1. The molecule has 3 rings (SSSR count). The average molecular weight is 387 g/mol. The lowest BCUT2D eigenvalue weighted by Crippen LogP contribution is -2.15. The lowest BCUT2D eigenvalue weighted by molar-refractivity contribution is 0.0602. The maximum Gasteiger partial charge on any atom is 0.339 e. The van der Waals surface area contributed by atoms with E-state index in [0.29, 0.717) is 31.9 Å². The van der Waals surface area contributed by atoms with E-state index in [1.807, 2.05) is 12.1 Å². The molecule has 0 unspecified atom stereocenters. The van der Waals surface area contributed by atoms with Crippen molar-refractivity contribution in [1.82, 2.24) is 4.98 Å². The first kappa shape index (κ1) is 18.1.